The molecular formula is C24H16F4N2O2. The zero-order valence-electron chi connectivity index (χ0n) is 17.0. The average molecular weight is 440 g/mol. The highest BCUT2D eigenvalue weighted by Crippen LogP contribution is 2.36. The van der Waals surface area contributed by atoms with Crippen LogP contribution in [0.15, 0.2) is 60.3 Å². The maximum absolute atomic E-state index is 14.4. The van der Waals surface area contributed by atoms with Crippen LogP contribution in [0.5, 0.6) is 0 Å². The standard InChI is InChI=1S/C24H16F4N2O2/c1-12-3-6-16(13(2)9-12)21-22(29-15-5-8-17(26)19(28)11-15)24(32)30(23(21)31)20-10-14(25)4-7-18(20)27/h3-11,29H,1-2H3. The fourth-order valence-electron chi connectivity index (χ4n) is 3.58. The fraction of sp³-hybridized carbons (Fsp3) is 0.0833. The molecule has 0 saturated carbocycles. The number of hydrogen-bond acceptors (Lipinski definition) is 3. The second-order valence-corrected chi connectivity index (χ2v) is 7.36. The van der Waals surface area contributed by atoms with E-state index in [1.54, 1.807) is 25.1 Å². The molecule has 0 saturated heterocycles. The third-order valence-electron chi connectivity index (χ3n) is 5.07. The fourth-order valence-corrected chi connectivity index (χ4v) is 3.58. The Morgan fingerprint density at radius 1 is 0.750 bits per heavy atom. The van der Waals surface area contributed by atoms with Crippen molar-refractivity contribution in [1.29, 1.82) is 0 Å². The molecule has 0 radical (unpaired) electrons. The molecule has 0 unspecified atom stereocenters. The Morgan fingerprint density at radius 3 is 2.16 bits per heavy atom. The largest absolute Gasteiger partial charge is 0.350 e. The number of imide groups is 1. The van der Waals surface area contributed by atoms with Crippen LogP contribution in [0.1, 0.15) is 16.7 Å². The lowest BCUT2D eigenvalue weighted by molar-refractivity contribution is -0.120. The lowest BCUT2D eigenvalue weighted by atomic mass is 9.97. The molecule has 1 aliphatic heterocycles. The number of anilines is 2. The van der Waals surface area contributed by atoms with Gasteiger partial charge in [0, 0.05) is 17.8 Å². The van der Waals surface area contributed by atoms with Gasteiger partial charge in [-0.15, -0.1) is 0 Å². The molecule has 1 heterocycles. The molecule has 8 heteroatoms. The Kier molecular flexibility index (Phi) is 5.30. The molecule has 0 fully saturated rings. The summed E-state index contributed by atoms with van der Waals surface area (Å²) in [7, 11) is 0. The van der Waals surface area contributed by atoms with Crippen LogP contribution in [-0.4, -0.2) is 11.8 Å². The van der Waals surface area contributed by atoms with Crippen LogP contribution < -0.4 is 10.2 Å². The highest BCUT2D eigenvalue weighted by Gasteiger charge is 2.42. The molecule has 1 N–H and O–H groups in total. The van der Waals surface area contributed by atoms with E-state index in [4.69, 9.17) is 0 Å². The third kappa shape index (κ3) is 3.64. The number of amides is 2. The van der Waals surface area contributed by atoms with E-state index in [2.05, 4.69) is 5.32 Å². The van der Waals surface area contributed by atoms with Crippen molar-refractivity contribution in [2.24, 2.45) is 0 Å². The first-order valence-electron chi connectivity index (χ1n) is 9.55. The summed E-state index contributed by atoms with van der Waals surface area (Å²) >= 11 is 0. The maximum Gasteiger partial charge on any atom is 0.282 e. The van der Waals surface area contributed by atoms with E-state index in [9.17, 15) is 27.2 Å². The van der Waals surface area contributed by atoms with Crippen molar-refractivity contribution < 1.29 is 27.2 Å². The summed E-state index contributed by atoms with van der Waals surface area (Å²) in [5, 5.41) is 2.66. The highest BCUT2D eigenvalue weighted by molar-refractivity contribution is 6.46. The van der Waals surface area contributed by atoms with Gasteiger partial charge in [-0.05, 0) is 49.2 Å². The SMILES string of the molecule is Cc1ccc(C2=C(Nc3ccc(F)c(F)c3)C(=O)N(c3cc(F)ccc3F)C2=O)c(C)c1. The molecule has 0 aromatic heterocycles. The van der Waals surface area contributed by atoms with Crippen LogP contribution >= 0.6 is 0 Å². The molecule has 4 nitrogen and oxygen atoms in total. The van der Waals surface area contributed by atoms with Gasteiger partial charge in [-0.25, -0.2) is 22.5 Å². The molecule has 2 amide bonds. The summed E-state index contributed by atoms with van der Waals surface area (Å²) in [5.41, 5.74) is 1.04. The van der Waals surface area contributed by atoms with Crippen LogP contribution in [0.25, 0.3) is 5.57 Å². The molecule has 3 aromatic rings. The van der Waals surface area contributed by atoms with E-state index in [0.717, 1.165) is 35.9 Å². The first-order chi connectivity index (χ1) is 15.2. The minimum atomic E-state index is -1.16. The van der Waals surface area contributed by atoms with Gasteiger partial charge in [-0.2, -0.15) is 0 Å². The molecule has 4 rings (SSSR count). The predicted octanol–water partition coefficient (Wildman–Crippen LogP) is 5.26. The van der Waals surface area contributed by atoms with Crippen molar-refractivity contribution in [3.8, 4) is 0 Å². The molecule has 0 atom stereocenters. The molecule has 1 aliphatic rings. The Labute approximate surface area is 180 Å². The zero-order chi connectivity index (χ0) is 23.2. The number of hydrogen-bond donors (Lipinski definition) is 1. The minimum Gasteiger partial charge on any atom is -0.350 e. The Hall–Kier alpha value is -3.94. The van der Waals surface area contributed by atoms with Gasteiger partial charge >= 0.3 is 0 Å². The molecule has 32 heavy (non-hydrogen) atoms. The summed E-state index contributed by atoms with van der Waals surface area (Å²) in [4.78, 5) is 27.1. The zero-order valence-corrected chi connectivity index (χ0v) is 17.0. The Balaban J connectivity index is 1.89. The van der Waals surface area contributed by atoms with E-state index >= 15 is 0 Å². The number of rotatable bonds is 4. The van der Waals surface area contributed by atoms with Crippen LogP contribution in [0.2, 0.25) is 0 Å². The topological polar surface area (TPSA) is 49.4 Å². The van der Waals surface area contributed by atoms with E-state index in [-0.39, 0.29) is 17.0 Å². The normalized spacial score (nSPS) is 13.9. The summed E-state index contributed by atoms with van der Waals surface area (Å²) < 4.78 is 55.3. The van der Waals surface area contributed by atoms with Crippen molar-refractivity contribution in [3.05, 3.63) is 100 Å². The van der Waals surface area contributed by atoms with Crippen molar-refractivity contribution in [1.82, 2.24) is 0 Å². The molecule has 0 aliphatic carbocycles. The number of halogens is 4. The van der Waals surface area contributed by atoms with E-state index in [0.29, 0.717) is 16.0 Å². The van der Waals surface area contributed by atoms with E-state index in [1.807, 2.05) is 6.92 Å². The van der Waals surface area contributed by atoms with Crippen LogP contribution in [0.4, 0.5) is 28.9 Å². The van der Waals surface area contributed by atoms with Crippen molar-refractivity contribution in [2.45, 2.75) is 13.8 Å². The second-order valence-electron chi connectivity index (χ2n) is 7.36. The van der Waals surface area contributed by atoms with Gasteiger partial charge in [0.1, 0.15) is 17.3 Å². The molecule has 0 spiro atoms. The van der Waals surface area contributed by atoms with Gasteiger partial charge in [0.2, 0.25) is 0 Å². The van der Waals surface area contributed by atoms with Gasteiger partial charge in [-0.3, -0.25) is 9.59 Å². The number of benzene rings is 3. The first kappa shape index (κ1) is 21.3. The van der Waals surface area contributed by atoms with Crippen LogP contribution in [0, 0.1) is 37.1 Å². The van der Waals surface area contributed by atoms with Crippen molar-refractivity contribution in [3.63, 3.8) is 0 Å². The molecule has 0 bridgehead atoms. The number of aryl methyl sites for hydroxylation is 2. The molecule has 3 aromatic carbocycles. The summed E-state index contributed by atoms with van der Waals surface area (Å²) in [5.74, 6) is -5.89. The maximum atomic E-state index is 14.4. The van der Waals surface area contributed by atoms with E-state index < -0.39 is 40.8 Å². The quantitative estimate of drug-likeness (QED) is 0.445. The summed E-state index contributed by atoms with van der Waals surface area (Å²) in [6, 6.07) is 10.4. The van der Waals surface area contributed by atoms with Gasteiger partial charge in [0.05, 0.1) is 11.3 Å². The number of nitrogens with zero attached hydrogens (tertiary/aromatic N) is 1. The Bertz CT molecular complexity index is 1320. The van der Waals surface area contributed by atoms with Gasteiger partial charge in [-0.1, -0.05) is 23.8 Å². The van der Waals surface area contributed by atoms with Crippen LogP contribution in [0.3, 0.4) is 0 Å². The second kappa shape index (κ2) is 7.96. The lowest BCUT2D eigenvalue weighted by Gasteiger charge is -2.16. The average Bonchev–Trinajstić information content (AvgIpc) is 2.96. The predicted molar refractivity (Wildman–Crippen MR) is 112 cm³/mol. The molecular weight excluding hydrogens is 424 g/mol. The van der Waals surface area contributed by atoms with Gasteiger partial charge in [0.15, 0.2) is 11.6 Å². The van der Waals surface area contributed by atoms with E-state index in [1.165, 1.54) is 6.07 Å². The lowest BCUT2D eigenvalue weighted by Crippen LogP contribution is -2.33. The number of nitrogens with one attached hydrogen (secondary N) is 1. The highest BCUT2D eigenvalue weighted by atomic mass is 19.2. The molecule has 162 valence electrons. The monoisotopic (exact) mass is 440 g/mol. The third-order valence-corrected chi connectivity index (χ3v) is 5.07. The first-order valence-corrected chi connectivity index (χ1v) is 9.55. The summed E-state index contributed by atoms with van der Waals surface area (Å²) in [6.45, 7) is 3.58. The summed E-state index contributed by atoms with van der Waals surface area (Å²) in [6.07, 6.45) is 0. The number of carbonyl (C=O) groups is 2. The Morgan fingerprint density at radius 2 is 1.47 bits per heavy atom. The van der Waals surface area contributed by atoms with Gasteiger partial charge < -0.3 is 5.32 Å². The van der Waals surface area contributed by atoms with Crippen LogP contribution in [-0.2, 0) is 9.59 Å². The van der Waals surface area contributed by atoms with Crippen molar-refractivity contribution >= 4 is 28.8 Å². The smallest absolute Gasteiger partial charge is 0.282 e. The van der Waals surface area contributed by atoms with Gasteiger partial charge in [0.25, 0.3) is 11.8 Å². The van der Waals surface area contributed by atoms with Crippen molar-refractivity contribution in [2.75, 3.05) is 10.2 Å². The minimum absolute atomic E-state index is 0.00359. The number of carbonyl (C=O) groups excluding carboxylic acids is 2.